The first-order valence-corrected chi connectivity index (χ1v) is 6.94. The van der Waals surface area contributed by atoms with E-state index in [1.54, 1.807) is 0 Å². The zero-order chi connectivity index (χ0) is 13.4. The molecule has 0 amide bonds. The van der Waals surface area contributed by atoms with Crippen molar-refractivity contribution in [2.24, 2.45) is 5.92 Å². The van der Waals surface area contributed by atoms with Gasteiger partial charge in [0, 0.05) is 5.92 Å². The van der Waals surface area contributed by atoms with Gasteiger partial charge in [0.05, 0.1) is 37.5 Å². The summed E-state index contributed by atoms with van der Waals surface area (Å²) in [6.45, 7) is 5.54. The van der Waals surface area contributed by atoms with Gasteiger partial charge in [-0.25, -0.2) is 0 Å². The minimum atomic E-state index is -0.548. The molecule has 0 aliphatic carbocycles. The molecule has 0 unspecified atom stereocenters. The van der Waals surface area contributed by atoms with E-state index in [-0.39, 0.29) is 18.2 Å². The fourth-order valence-corrected chi connectivity index (χ4v) is 3.14. The number of benzene rings is 1. The minimum absolute atomic E-state index is 0.0819. The van der Waals surface area contributed by atoms with Crippen LogP contribution in [0.1, 0.15) is 25.5 Å². The van der Waals surface area contributed by atoms with Crippen LogP contribution in [0.2, 0.25) is 0 Å². The smallest absolute Gasteiger partial charge is 0.0965 e. The molecule has 1 aromatic rings. The highest BCUT2D eigenvalue weighted by molar-refractivity contribution is 5.18. The van der Waals surface area contributed by atoms with E-state index in [1.165, 1.54) is 0 Å². The van der Waals surface area contributed by atoms with E-state index in [4.69, 9.17) is 9.57 Å². The molecule has 0 spiro atoms. The van der Waals surface area contributed by atoms with Crippen molar-refractivity contribution >= 4 is 0 Å². The molecule has 2 fully saturated rings. The summed E-state index contributed by atoms with van der Waals surface area (Å²) in [6.07, 6.45) is -0.384. The van der Waals surface area contributed by atoms with Crippen molar-refractivity contribution in [1.82, 2.24) is 5.06 Å². The predicted molar refractivity (Wildman–Crippen MR) is 71.3 cm³/mol. The van der Waals surface area contributed by atoms with Gasteiger partial charge >= 0.3 is 0 Å². The van der Waals surface area contributed by atoms with Crippen LogP contribution < -0.4 is 0 Å². The number of rotatable bonds is 3. The molecule has 19 heavy (non-hydrogen) atoms. The molecule has 5 atom stereocenters. The fraction of sp³-hybridized carbons (Fsp3) is 0.600. The van der Waals surface area contributed by atoms with Crippen LogP contribution in [-0.4, -0.2) is 41.6 Å². The second kappa shape index (κ2) is 5.21. The Morgan fingerprint density at radius 1 is 1.26 bits per heavy atom. The molecule has 0 saturated carbocycles. The van der Waals surface area contributed by atoms with Crippen LogP contribution in [0.4, 0.5) is 0 Å². The largest absolute Gasteiger partial charge is 0.387 e. The van der Waals surface area contributed by atoms with Crippen LogP contribution in [0.25, 0.3) is 0 Å². The van der Waals surface area contributed by atoms with Crippen LogP contribution in [0.3, 0.4) is 0 Å². The number of aliphatic hydroxyl groups is 1. The van der Waals surface area contributed by atoms with Crippen molar-refractivity contribution in [2.75, 3.05) is 13.2 Å². The molecule has 2 heterocycles. The van der Waals surface area contributed by atoms with Crippen LogP contribution in [0.5, 0.6) is 0 Å². The van der Waals surface area contributed by atoms with Crippen LogP contribution in [-0.2, 0) is 9.57 Å². The second-order valence-electron chi connectivity index (χ2n) is 5.54. The molecule has 3 rings (SSSR count). The number of aliphatic hydroxyl groups excluding tert-OH is 1. The molecule has 2 aliphatic heterocycles. The Morgan fingerprint density at radius 2 is 2.00 bits per heavy atom. The Morgan fingerprint density at radius 3 is 2.74 bits per heavy atom. The summed E-state index contributed by atoms with van der Waals surface area (Å²) in [5.41, 5.74) is 0.925. The van der Waals surface area contributed by atoms with Gasteiger partial charge in [-0.05, 0) is 19.4 Å². The van der Waals surface area contributed by atoms with Gasteiger partial charge in [-0.2, -0.15) is 5.06 Å². The molecule has 4 heteroatoms. The molecule has 0 radical (unpaired) electrons. The summed E-state index contributed by atoms with van der Waals surface area (Å²) in [7, 11) is 0. The lowest BCUT2D eigenvalue weighted by Gasteiger charge is -2.32. The van der Waals surface area contributed by atoms with E-state index in [0.29, 0.717) is 12.5 Å². The number of fused-ring (bicyclic) bond motifs is 1. The summed E-state index contributed by atoms with van der Waals surface area (Å²) in [5, 5.41) is 12.4. The van der Waals surface area contributed by atoms with Gasteiger partial charge in [0.1, 0.15) is 0 Å². The monoisotopic (exact) mass is 263 g/mol. The molecule has 1 N–H and O–H groups in total. The molecular formula is C15H21NO3. The highest BCUT2D eigenvalue weighted by atomic mass is 16.7. The van der Waals surface area contributed by atoms with Gasteiger partial charge in [0.25, 0.3) is 0 Å². The van der Waals surface area contributed by atoms with Crippen molar-refractivity contribution in [3.05, 3.63) is 35.9 Å². The number of hydrogen-bond donors (Lipinski definition) is 1. The topological polar surface area (TPSA) is 41.9 Å². The summed E-state index contributed by atoms with van der Waals surface area (Å²) in [5.74, 6) is 0.431. The maximum absolute atomic E-state index is 10.5. The Balaban J connectivity index is 1.75. The SMILES string of the molecule is C[C@@H]1OC[C@H]2CON([C@H](C)[C@@H](O)c3ccccc3)[C@H]21. The molecule has 2 saturated heterocycles. The molecule has 104 valence electrons. The molecular weight excluding hydrogens is 242 g/mol. The first-order valence-electron chi connectivity index (χ1n) is 6.94. The Labute approximate surface area is 113 Å². The van der Waals surface area contributed by atoms with Crippen LogP contribution in [0.15, 0.2) is 30.3 Å². The number of nitrogens with zero attached hydrogens (tertiary/aromatic N) is 1. The van der Waals surface area contributed by atoms with Crippen molar-refractivity contribution < 1.29 is 14.7 Å². The minimum Gasteiger partial charge on any atom is -0.387 e. The lowest BCUT2D eigenvalue weighted by molar-refractivity contribution is -0.195. The second-order valence-corrected chi connectivity index (χ2v) is 5.54. The quantitative estimate of drug-likeness (QED) is 0.902. The zero-order valence-electron chi connectivity index (χ0n) is 11.4. The standard InChI is InChI=1S/C15H21NO3/c1-10(15(17)12-6-4-3-5-7-12)16-14-11(2)18-8-13(14)9-19-16/h3-7,10-11,13-15,17H,8-9H2,1-2H3/t10-,11+,13+,14+,15-/m1/s1. The van der Waals surface area contributed by atoms with E-state index in [2.05, 4.69) is 6.92 Å². The van der Waals surface area contributed by atoms with Gasteiger partial charge < -0.3 is 9.84 Å². The van der Waals surface area contributed by atoms with Crippen molar-refractivity contribution in [2.45, 2.75) is 38.1 Å². The fourth-order valence-electron chi connectivity index (χ4n) is 3.14. The average Bonchev–Trinajstić information content (AvgIpc) is 3.02. The first kappa shape index (κ1) is 13.1. The molecule has 2 aliphatic rings. The third kappa shape index (κ3) is 2.30. The Kier molecular flexibility index (Phi) is 3.58. The normalized spacial score (nSPS) is 34.2. The van der Waals surface area contributed by atoms with Gasteiger partial charge in [-0.3, -0.25) is 4.84 Å². The van der Waals surface area contributed by atoms with Gasteiger partial charge in [-0.1, -0.05) is 30.3 Å². The lowest BCUT2D eigenvalue weighted by Crippen LogP contribution is -2.44. The lowest BCUT2D eigenvalue weighted by atomic mass is 9.97. The van der Waals surface area contributed by atoms with Crippen LogP contribution >= 0.6 is 0 Å². The number of ether oxygens (including phenoxy) is 1. The molecule has 1 aromatic carbocycles. The predicted octanol–water partition coefficient (Wildman–Crippen LogP) is 1.76. The maximum atomic E-state index is 10.5. The third-order valence-electron chi connectivity index (χ3n) is 4.27. The van der Waals surface area contributed by atoms with Gasteiger partial charge in [0.2, 0.25) is 0 Å². The van der Waals surface area contributed by atoms with Crippen molar-refractivity contribution in [3.63, 3.8) is 0 Å². The van der Waals surface area contributed by atoms with Crippen LogP contribution in [0, 0.1) is 5.92 Å². The third-order valence-corrected chi connectivity index (χ3v) is 4.27. The van der Waals surface area contributed by atoms with E-state index in [0.717, 1.165) is 12.2 Å². The summed E-state index contributed by atoms with van der Waals surface area (Å²) in [4.78, 5) is 5.79. The average molecular weight is 263 g/mol. The van der Waals surface area contributed by atoms with E-state index in [9.17, 15) is 5.11 Å². The van der Waals surface area contributed by atoms with Crippen molar-refractivity contribution in [3.8, 4) is 0 Å². The van der Waals surface area contributed by atoms with E-state index < -0.39 is 6.10 Å². The summed E-state index contributed by atoms with van der Waals surface area (Å²) >= 11 is 0. The first-order chi connectivity index (χ1) is 9.18. The molecule has 0 aromatic heterocycles. The molecule has 4 nitrogen and oxygen atoms in total. The summed E-state index contributed by atoms with van der Waals surface area (Å²) < 4.78 is 5.68. The highest BCUT2D eigenvalue weighted by Crippen LogP contribution is 2.35. The van der Waals surface area contributed by atoms with Gasteiger partial charge in [-0.15, -0.1) is 0 Å². The van der Waals surface area contributed by atoms with E-state index in [1.807, 2.05) is 42.3 Å². The number of hydroxylamine groups is 2. The highest BCUT2D eigenvalue weighted by Gasteiger charge is 2.47. The Bertz CT molecular complexity index is 425. The Hall–Kier alpha value is -0.940. The zero-order valence-corrected chi connectivity index (χ0v) is 11.4. The number of hydrogen-bond acceptors (Lipinski definition) is 4. The maximum Gasteiger partial charge on any atom is 0.0965 e. The van der Waals surface area contributed by atoms with Gasteiger partial charge in [0.15, 0.2) is 0 Å². The van der Waals surface area contributed by atoms with Crippen molar-refractivity contribution in [1.29, 1.82) is 0 Å². The molecule has 0 bridgehead atoms. The van der Waals surface area contributed by atoms with E-state index >= 15 is 0 Å². The summed E-state index contributed by atoms with van der Waals surface area (Å²) in [6, 6.07) is 9.92.